The summed E-state index contributed by atoms with van der Waals surface area (Å²) in [5.41, 5.74) is -0.0195. The van der Waals surface area contributed by atoms with Crippen LogP contribution < -0.4 is 5.56 Å². The average Bonchev–Trinajstić information content (AvgIpc) is 3.14. The lowest BCUT2D eigenvalue weighted by Gasteiger charge is -2.27. The Morgan fingerprint density at radius 2 is 2.18 bits per heavy atom. The van der Waals surface area contributed by atoms with Crippen molar-refractivity contribution in [2.45, 2.75) is 44.9 Å². The number of aliphatic hydroxyl groups is 1. The summed E-state index contributed by atoms with van der Waals surface area (Å²) in [5.74, 6) is 0.294. The van der Waals surface area contributed by atoms with Crippen molar-refractivity contribution in [2.75, 3.05) is 6.54 Å². The molecule has 2 atom stereocenters. The second-order valence-electron chi connectivity index (χ2n) is 7.91. The summed E-state index contributed by atoms with van der Waals surface area (Å²) in [6.45, 7) is 5.43. The topological polar surface area (TPSA) is 109 Å². The van der Waals surface area contributed by atoms with E-state index in [-0.39, 0.29) is 18.5 Å². The van der Waals surface area contributed by atoms with Crippen molar-refractivity contribution >= 4 is 44.1 Å². The number of nitrogens with zero attached hydrogens (tertiary/aromatic N) is 2. The molecule has 9 heteroatoms. The van der Waals surface area contributed by atoms with E-state index in [0.29, 0.717) is 22.3 Å². The van der Waals surface area contributed by atoms with Crippen molar-refractivity contribution in [3.8, 4) is 0 Å². The number of carbonyl (C=O) groups excluding carboxylic acids is 1. The van der Waals surface area contributed by atoms with Crippen LogP contribution in [0.5, 0.6) is 0 Å². The second-order valence-corrected chi connectivity index (χ2v) is 8.83. The van der Waals surface area contributed by atoms with Crippen molar-refractivity contribution in [3.63, 3.8) is 0 Å². The quantitative estimate of drug-likeness (QED) is 0.588. The molecule has 4 rings (SSSR count). The van der Waals surface area contributed by atoms with Gasteiger partial charge < -0.3 is 19.2 Å². The molecule has 1 aliphatic heterocycles. The van der Waals surface area contributed by atoms with Crippen LogP contribution in [0.4, 0.5) is 4.79 Å². The number of amides is 1. The summed E-state index contributed by atoms with van der Waals surface area (Å²) in [6, 6.07) is 4.80. The van der Waals surface area contributed by atoms with Gasteiger partial charge in [0, 0.05) is 16.3 Å². The van der Waals surface area contributed by atoms with Crippen LogP contribution >= 0.6 is 15.9 Å². The van der Waals surface area contributed by atoms with E-state index in [9.17, 15) is 14.7 Å². The highest BCUT2D eigenvalue weighted by molar-refractivity contribution is 9.10. The highest BCUT2D eigenvalue weighted by atomic mass is 79.9. The van der Waals surface area contributed by atoms with E-state index in [2.05, 4.69) is 25.9 Å². The third kappa shape index (κ3) is 3.40. The molecule has 1 saturated heterocycles. The van der Waals surface area contributed by atoms with Gasteiger partial charge in [0.1, 0.15) is 22.5 Å². The van der Waals surface area contributed by atoms with Gasteiger partial charge >= 0.3 is 6.09 Å². The number of hydrogen-bond acceptors (Lipinski definition) is 6. The van der Waals surface area contributed by atoms with Crippen molar-refractivity contribution in [1.82, 2.24) is 14.9 Å². The highest BCUT2D eigenvalue weighted by Crippen LogP contribution is 2.33. The molecule has 148 valence electrons. The first-order valence-corrected chi connectivity index (χ1v) is 9.71. The van der Waals surface area contributed by atoms with Crippen LogP contribution in [0.25, 0.3) is 22.1 Å². The number of H-pyrrole nitrogens is 1. The van der Waals surface area contributed by atoms with E-state index in [1.54, 1.807) is 26.8 Å². The Balaban J connectivity index is 1.80. The smallest absolute Gasteiger partial charge is 0.411 e. The molecule has 2 aromatic heterocycles. The zero-order chi connectivity index (χ0) is 20.2. The first-order chi connectivity index (χ1) is 13.1. The number of benzene rings is 1. The lowest BCUT2D eigenvalue weighted by molar-refractivity contribution is 0.0201. The maximum atomic E-state index is 12.6. The SMILES string of the molecule is CC(C)(C)OC(=O)N1CC(O)CC1c1nc2c(oc3ccc(Br)cc32)c(=O)[nH]1. The molecule has 0 bridgehead atoms. The molecule has 1 fully saturated rings. The average molecular weight is 450 g/mol. The Kier molecular flexibility index (Phi) is 4.46. The van der Waals surface area contributed by atoms with Gasteiger partial charge in [-0.05, 0) is 39.0 Å². The van der Waals surface area contributed by atoms with Crippen molar-refractivity contribution < 1.29 is 19.1 Å². The second kappa shape index (κ2) is 6.59. The van der Waals surface area contributed by atoms with E-state index in [1.165, 1.54) is 4.90 Å². The summed E-state index contributed by atoms with van der Waals surface area (Å²) in [6.07, 6.45) is -1.03. The number of fused-ring (bicyclic) bond motifs is 3. The van der Waals surface area contributed by atoms with Gasteiger partial charge in [-0.15, -0.1) is 0 Å². The standard InChI is InChI=1S/C19H20BrN3O5/c1-19(2,3)28-18(26)23-8-10(24)7-12(23)16-21-14-11-6-9(20)4-5-13(11)27-15(14)17(25)22-16/h4-6,10,12,24H,7-8H2,1-3H3,(H,21,22,25). The third-order valence-corrected chi connectivity index (χ3v) is 5.02. The van der Waals surface area contributed by atoms with Crippen molar-refractivity contribution in [3.05, 3.63) is 38.9 Å². The van der Waals surface area contributed by atoms with Crippen LogP contribution in [-0.4, -0.2) is 44.3 Å². The van der Waals surface area contributed by atoms with Crippen LogP contribution in [0.15, 0.2) is 31.9 Å². The molecule has 2 unspecified atom stereocenters. The summed E-state index contributed by atoms with van der Waals surface area (Å²) in [5, 5.41) is 10.8. The monoisotopic (exact) mass is 449 g/mol. The maximum absolute atomic E-state index is 12.6. The Bertz CT molecular complexity index is 1130. The number of furan rings is 1. The number of aromatic nitrogens is 2. The van der Waals surface area contributed by atoms with Gasteiger partial charge in [0.25, 0.3) is 5.56 Å². The number of ether oxygens (including phenoxy) is 1. The van der Waals surface area contributed by atoms with E-state index < -0.39 is 29.4 Å². The molecule has 28 heavy (non-hydrogen) atoms. The van der Waals surface area contributed by atoms with Gasteiger partial charge in [0.2, 0.25) is 5.58 Å². The Morgan fingerprint density at radius 1 is 1.43 bits per heavy atom. The first-order valence-electron chi connectivity index (χ1n) is 8.92. The van der Waals surface area contributed by atoms with Gasteiger partial charge in [0.15, 0.2) is 0 Å². The fraction of sp³-hybridized carbons (Fsp3) is 0.421. The minimum absolute atomic E-state index is 0.110. The molecule has 2 N–H and O–H groups in total. The van der Waals surface area contributed by atoms with Crippen LogP contribution in [0.3, 0.4) is 0 Å². The minimum Gasteiger partial charge on any atom is -0.449 e. The molecule has 8 nitrogen and oxygen atoms in total. The van der Waals surface area contributed by atoms with Crippen LogP contribution in [0.2, 0.25) is 0 Å². The van der Waals surface area contributed by atoms with Gasteiger partial charge in [-0.3, -0.25) is 9.69 Å². The first kappa shape index (κ1) is 18.9. The number of halogens is 1. The molecule has 0 radical (unpaired) electrons. The molecule has 0 saturated carbocycles. The fourth-order valence-corrected chi connectivity index (χ4v) is 3.76. The molecular weight excluding hydrogens is 430 g/mol. The maximum Gasteiger partial charge on any atom is 0.411 e. The van der Waals surface area contributed by atoms with E-state index in [0.717, 1.165) is 4.47 Å². The fourth-order valence-electron chi connectivity index (χ4n) is 3.40. The van der Waals surface area contributed by atoms with Gasteiger partial charge in [0.05, 0.1) is 18.7 Å². The number of β-amino-alcohol motifs (C(OH)–C–C–N with tert-alkyl or cyclic N) is 1. The van der Waals surface area contributed by atoms with Gasteiger partial charge in [-0.1, -0.05) is 15.9 Å². The normalized spacial score (nSPS) is 20.2. The number of likely N-dealkylation sites (tertiary alicyclic amines) is 1. The number of hydrogen-bond donors (Lipinski definition) is 2. The summed E-state index contributed by atoms with van der Waals surface area (Å²) >= 11 is 3.41. The van der Waals surface area contributed by atoms with Crippen molar-refractivity contribution in [2.24, 2.45) is 0 Å². The highest BCUT2D eigenvalue weighted by Gasteiger charge is 2.39. The van der Waals surface area contributed by atoms with E-state index in [4.69, 9.17) is 9.15 Å². The van der Waals surface area contributed by atoms with Crippen LogP contribution in [-0.2, 0) is 4.74 Å². The Hall–Kier alpha value is -2.39. The lowest BCUT2D eigenvalue weighted by Crippen LogP contribution is -2.38. The number of aromatic amines is 1. The molecular formula is C19H20BrN3O5. The largest absolute Gasteiger partial charge is 0.449 e. The Morgan fingerprint density at radius 3 is 2.89 bits per heavy atom. The molecule has 0 aliphatic carbocycles. The zero-order valence-electron chi connectivity index (χ0n) is 15.7. The molecule has 1 amide bonds. The number of carbonyl (C=O) groups is 1. The molecule has 1 aliphatic rings. The summed E-state index contributed by atoms with van der Waals surface area (Å²) < 4.78 is 11.9. The van der Waals surface area contributed by atoms with Crippen molar-refractivity contribution in [1.29, 1.82) is 0 Å². The predicted molar refractivity (Wildman–Crippen MR) is 106 cm³/mol. The third-order valence-electron chi connectivity index (χ3n) is 4.53. The summed E-state index contributed by atoms with van der Waals surface area (Å²) in [7, 11) is 0. The molecule has 3 heterocycles. The minimum atomic E-state index is -0.728. The molecule has 0 spiro atoms. The molecule has 1 aromatic carbocycles. The predicted octanol–water partition coefficient (Wildman–Crippen LogP) is 3.47. The number of rotatable bonds is 1. The number of nitrogens with one attached hydrogen (secondary N) is 1. The van der Waals surface area contributed by atoms with Gasteiger partial charge in [-0.25, -0.2) is 9.78 Å². The number of aliphatic hydroxyl groups excluding tert-OH is 1. The summed E-state index contributed by atoms with van der Waals surface area (Å²) in [4.78, 5) is 33.9. The van der Waals surface area contributed by atoms with Crippen LogP contribution in [0.1, 0.15) is 39.1 Å². The Labute approximate surface area is 168 Å². The van der Waals surface area contributed by atoms with Gasteiger partial charge in [-0.2, -0.15) is 0 Å². The van der Waals surface area contributed by atoms with E-state index >= 15 is 0 Å². The lowest BCUT2D eigenvalue weighted by atomic mass is 10.1. The molecule has 3 aromatic rings. The van der Waals surface area contributed by atoms with Crippen LogP contribution in [0, 0.1) is 0 Å². The zero-order valence-corrected chi connectivity index (χ0v) is 17.2. The van der Waals surface area contributed by atoms with E-state index in [1.807, 2.05) is 12.1 Å².